The predicted molar refractivity (Wildman–Crippen MR) is 65.6 cm³/mol. The number of ether oxygens (including phenoxy) is 1. The van der Waals surface area contributed by atoms with Crippen molar-refractivity contribution in [3.05, 3.63) is 29.3 Å². The molecule has 1 aromatic carbocycles. The highest BCUT2D eigenvalue weighted by Gasteiger charge is 2.37. The van der Waals surface area contributed by atoms with Crippen molar-refractivity contribution in [3.63, 3.8) is 0 Å². The van der Waals surface area contributed by atoms with Crippen molar-refractivity contribution in [2.45, 2.75) is 26.8 Å². The van der Waals surface area contributed by atoms with Crippen LogP contribution in [0.25, 0.3) is 0 Å². The van der Waals surface area contributed by atoms with Gasteiger partial charge in [-0.2, -0.15) is 0 Å². The van der Waals surface area contributed by atoms with Crippen LogP contribution in [0, 0.1) is 12.3 Å². The number of carbonyl (C=O) groups is 1. The van der Waals surface area contributed by atoms with Gasteiger partial charge in [-0.25, -0.2) is 0 Å². The van der Waals surface area contributed by atoms with Gasteiger partial charge in [0.25, 0.3) is 0 Å². The lowest BCUT2D eigenvalue weighted by Gasteiger charge is -2.29. The van der Waals surface area contributed by atoms with Gasteiger partial charge in [0.15, 0.2) is 0 Å². The molecular formula is C13H19NO3. The van der Waals surface area contributed by atoms with Gasteiger partial charge in [0.05, 0.1) is 12.5 Å². The Hall–Kier alpha value is -1.55. The lowest BCUT2D eigenvalue weighted by molar-refractivity contribution is -0.152. The number of hydrogen-bond acceptors (Lipinski definition) is 4. The number of nitrogens with two attached hydrogens (primary N) is 1. The van der Waals surface area contributed by atoms with Crippen molar-refractivity contribution in [2.75, 3.05) is 7.11 Å². The topological polar surface area (TPSA) is 72.5 Å². The molecule has 0 saturated heterocycles. The second-order valence-corrected chi connectivity index (χ2v) is 4.75. The monoisotopic (exact) mass is 237 g/mol. The first-order chi connectivity index (χ1) is 7.80. The molecule has 0 amide bonds. The third-order valence-electron chi connectivity index (χ3n) is 3.01. The number of aryl methyl sites for hydroxylation is 1. The van der Waals surface area contributed by atoms with Crippen molar-refractivity contribution in [3.8, 4) is 5.75 Å². The Morgan fingerprint density at radius 2 is 2.06 bits per heavy atom. The lowest BCUT2D eigenvalue weighted by atomic mass is 9.80. The van der Waals surface area contributed by atoms with Crippen molar-refractivity contribution < 1.29 is 14.6 Å². The van der Waals surface area contributed by atoms with Gasteiger partial charge in [0.1, 0.15) is 5.75 Å². The molecule has 0 spiro atoms. The van der Waals surface area contributed by atoms with Crippen molar-refractivity contribution in [2.24, 2.45) is 11.1 Å². The van der Waals surface area contributed by atoms with E-state index in [0.29, 0.717) is 5.56 Å². The van der Waals surface area contributed by atoms with Crippen LogP contribution in [-0.2, 0) is 9.53 Å². The summed E-state index contributed by atoms with van der Waals surface area (Å²) in [6.07, 6.45) is 0. The van der Waals surface area contributed by atoms with Crippen LogP contribution in [0.4, 0.5) is 0 Å². The van der Waals surface area contributed by atoms with Gasteiger partial charge < -0.3 is 15.6 Å². The third-order valence-corrected chi connectivity index (χ3v) is 3.01. The van der Waals surface area contributed by atoms with E-state index in [0.717, 1.165) is 5.56 Å². The fraction of sp³-hybridized carbons (Fsp3) is 0.462. The SMILES string of the molecule is COC(=O)C(C)(C)[C@@H](N)c1cc(C)ccc1O. The number of phenolic OH excluding ortho intramolecular Hbond substituents is 1. The molecule has 0 radical (unpaired) electrons. The minimum atomic E-state index is -0.889. The molecule has 94 valence electrons. The fourth-order valence-electron chi connectivity index (χ4n) is 1.70. The Morgan fingerprint density at radius 1 is 1.47 bits per heavy atom. The summed E-state index contributed by atoms with van der Waals surface area (Å²) in [5.74, 6) is -0.300. The fourth-order valence-corrected chi connectivity index (χ4v) is 1.70. The largest absolute Gasteiger partial charge is 0.508 e. The highest BCUT2D eigenvalue weighted by Crippen LogP contribution is 2.36. The molecule has 0 fully saturated rings. The molecule has 0 saturated carbocycles. The smallest absolute Gasteiger partial charge is 0.313 e. The molecule has 17 heavy (non-hydrogen) atoms. The van der Waals surface area contributed by atoms with Crippen LogP contribution in [0.2, 0.25) is 0 Å². The molecule has 0 aromatic heterocycles. The van der Waals surface area contributed by atoms with E-state index in [1.807, 2.05) is 6.92 Å². The average molecular weight is 237 g/mol. The number of aromatic hydroxyl groups is 1. The van der Waals surface area contributed by atoms with E-state index < -0.39 is 17.4 Å². The molecular weight excluding hydrogens is 218 g/mol. The van der Waals surface area contributed by atoms with E-state index in [1.165, 1.54) is 7.11 Å². The average Bonchev–Trinajstić information content (AvgIpc) is 2.30. The molecule has 0 aliphatic carbocycles. The number of benzene rings is 1. The van der Waals surface area contributed by atoms with E-state index in [4.69, 9.17) is 10.5 Å². The molecule has 1 aromatic rings. The summed E-state index contributed by atoms with van der Waals surface area (Å²) in [7, 11) is 1.33. The first kappa shape index (κ1) is 13.5. The first-order valence-corrected chi connectivity index (χ1v) is 5.44. The molecule has 1 rings (SSSR count). The Balaban J connectivity index is 3.15. The standard InChI is InChI=1S/C13H19NO3/c1-8-5-6-10(15)9(7-8)11(14)13(2,3)12(16)17-4/h5-7,11,15H,14H2,1-4H3/t11-/m0/s1. The number of methoxy groups -OCH3 is 1. The van der Waals surface area contributed by atoms with Crippen LogP contribution in [0.3, 0.4) is 0 Å². The Morgan fingerprint density at radius 3 is 2.59 bits per heavy atom. The maximum atomic E-state index is 11.7. The first-order valence-electron chi connectivity index (χ1n) is 5.44. The van der Waals surface area contributed by atoms with Crippen LogP contribution >= 0.6 is 0 Å². The maximum Gasteiger partial charge on any atom is 0.313 e. The van der Waals surface area contributed by atoms with E-state index in [9.17, 15) is 9.90 Å². The summed E-state index contributed by atoms with van der Waals surface area (Å²) in [6, 6.07) is 4.54. The molecule has 0 unspecified atom stereocenters. The summed E-state index contributed by atoms with van der Waals surface area (Å²) in [5, 5.41) is 9.79. The minimum Gasteiger partial charge on any atom is -0.508 e. The van der Waals surface area contributed by atoms with Gasteiger partial charge in [0.2, 0.25) is 0 Å². The van der Waals surface area contributed by atoms with E-state index in [1.54, 1.807) is 32.0 Å². The van der Waals surface area contributed by atoms with Gasteiger partial charge in [0, 0.05) is 11.6 Å². The maximum absolute atomic E-state index is 11.7. The Labute approximate surface area is 101 Å². The highest BCUT2D eigenvalue weighted by molar-refractivity contribution is 5.77. The second kappa shape index (κ2) is 4.75. The van der Waals surface area contributed by atoms with Crippen LogP contribution in [0.15, 0.2) is 18.2 Å². The van der Waals surface area contributed by atoms with Gasteiger partial charge in [-0.05, 0) is 26.8 Å². The quantitative estimate of drug-likeness (QED) is 0.787. The van der Waals surface area contributed by atoms with Gasteiger partial charge in [-0.3, -0.25) is 4.79 Å². The normalized spacial score (nSPS) is 13.2. The zero-order valence-electron chi connectivity index (χ0n) is 10.7. The predicted octanol–water partition coefficient (Wildman–Crippen LogP) is 1.90. The molecule has 0 aliphatic rings. The van der Waals surface area contributed by atoms with E-state index >= 15 is 0 Å². The molecule has 4 heteroatoms. The molecule has 0 heterocycles. The number of esters is 1. The van der Waals surface area contributed by atoms with Crippen molar-refractivity contribution in [1.29, 1.82) is 0 Å². The van der Waals surface area contributed by atoms with E-state index in [-0.39, 0.29) is 5.75 Å². The van der Waals surface area contributed by atoms with Crippen LogP contribution in [-0.4, -0.2) is 18.2 Å². The Kier molecular flexibility index (Phi) is 3.78. The van der Waals surface area contributed by atoms with Crippen LogP contribution in [0.1, 0.15) is 31.0 Å². The Bertz CT molecular complexity index is 427. The molecule has 4 nitrogen and oxygen atoms in total. The highest BCUT2D eigenvalue weighted by atomic mass is 16.5. The van der Waals surface area contributed by atoms with Crippen molar-refractivity contribution in [1.82, 2.24) is 0 Å². The lowest BCUT2D eigenvalue weighted by Crippen LogP contribution is -2.37. The van der Waals surface area contributed by atoms with Gasteiger partial charge in [-0.1, -0.05) is 17.7 Å². The molecule has 1 atom stereocenters. The van der Waals surface area contributed by atoms with Crippen LogP contribution < -0.4 is 5.73 Å². The summed E-state index contributed by atoms with van der Waals surface area (Å²) >= 11 is 0. The molecule has 0 aliphatic heterocycles. The van der Waals surface area contributed by atoms with E-state index in [2.05, 4.69) is 0 Å². The van der Waals surface area contributed by atoms with Crippen LogP contribution in [0.5, 0.6) is 5.75 Å². The molecule has 3 N–H and O–H groups in total. The van der Waals surface area contributed by atoms with Crippen molar-refractivity contribution >= 4 is 5.97 Å². The number of carbonyl (C=O) groups excluding carboxylic acids is 1. The summed E-state index contributed by atoms with van der Waals surface area (Å²) in [4.78, 5) is 11.7. The zero-order valence-corrected chi connectivity index (χ0v) is 10.7. The molecule has 0 bridgehead atoms. The summed E-state index contributed by atoms with van der Waals surface area (Å²) in [5.41, 5.74) is 6.71. The third kappa shape index (κ3) is 2.58. The summed E-state index contributed by atoms with van der Waals surface area (Å²) < 4.78 is 4.73. The summed E-state index contributed by atoms with van der Waals surface area (Å²) in [6.45, 7) is 5.30. The van der Waals surface area contributed by atoms with Gasteiger partial charge in [-0.15, -0.1) is 0 Å². The zero-order chi connectivity index (χ0) is 13.2. The minimum absolute atomic E-state index is 0.0973. The number of phenols is 1. The van der Waals surface area contributed by atoms with Gasteiger partial charge >= 0.3 is 5.97 Å². The number of rotatable bonds is 3. The second-order valence-electron chi connectivity index (χ2n) is 4.75. The number of hydrogen-bond donors (Lipinski definition) is 2.